The van der Waals surface area contributed by atoms with Gasteiger partial charge in [-0.1, -0.05) is 37.6 Å². The molecular formula is C16H26ClN3O. The van der Waals surface area contributed by atoms with Crippen LogP contribution >= 0.6 is 11.6 Å². The second kappa shape index (κ2) is 8.90. The molecule has 1 atom stereocenters. The summed E-state index contributed by atoms with van der Waals surface area (Å²) in [4.78, 5) is 13.7. The normalized spacial score (nSPS) is 12.0. The minimum atomic E-state index is -0.0901. The van der Waals surface area contributed by atoms with Gasteiger partial charge in [-0.3, -0.25) is 4.79 Å². The van der Waals surface area contributed by atoms with Crippen LogP contribution in [0.2, 0.25) is 5.02 Å². The molecule has 1 unspecified atom stereocenters. The topological polar surface area (TPSA) is 44.4 Å². The molecule has 0 spiro atoms. The molecule has 0 heterocycles. The third kappa shape index (κ3) is 5.21. The molecule has 21 heavy (non-hydrogen) atoms. The Morgan fingerprint density at radius 2 is 2.14 bits per heavy atom. The Labute approximate surface area is 132 Å². The van der Waals surface area contributed by atoms with E-state index in [1.165, 1.54) is 0 Å². The molecule has 0 aromatic heterocycles. The fourth-order valence-electron chi connectivity index (χ4n) is 2.36. The minimum absolute atomic E-state index is 0.0413. The van der Waals surface area contributed by atoms with Gasteiger partial charge in [0.05, 0.1) is 16.6 Å². The number of para-hydroxylation sites is 1. The van der Waals surface area contributed by atoms with E-state index in [-0.39, 0.29) is 11.8 Å². The summed E-state index contributed by atoms with van der Waals surface area (Å²) in [5.74, 6) is -0.0488. The maximum absolute atomic E-state index is 11.7. The van der Waals surface area contributed by atoms with Gasteiger partial charge in [-0.2, -0.15) is 0 Å². The summed E-state index contributed by atoms with van der Waals surface area (Å²) < 4.78 is 0. The lowest BCUT2D eigenvalue weighted by atomic mass is 10.1. The van der Waals surface area contributed by atoms with Gasteiger partial charge in [-0.25, -0.2) is 0 Å². The van der Waals surface area contributed by atoms with Crippen LogP contribution in [0.25, 0.3) is 0 Å². The summed E-state index contributed by atoms with van der Waals surface area (Å²) in [6, 6.07) is 5.93. The molecule has 1 amide bonds. The van der Waals surface area contributed by atoms with E-state index in [1.807, 2.05) is 26.1 Å². The van der Waals surface area contributed by atoms with Gasteiger partial charge in [0, 0.05) is 27.2 Å². The van der Waals surface area contributed by atoms with Gasteiger partial charge < -0.3 is 15.5 Å². The first-order valence-corrected chi connectivity index (χ1v) is 7.79. The van der Waals surface area contributed by atoms with Crippen molar-refractivity contribution in [3.05, 3.63) is 28.8 Å². The molecule has 1 aromatic carbocycles. The molecule has 118 valence electrons. The van der Waals surface area contributed by atoms with Crippen molar-refractivity contribution in [1.29, 1.82) is 0 Å². The predicted molar refractivity (Wildman–Crippen MR) is 90.0 cm³/mol. The van der Waals surface area contributed by atoms with Crippen molar-refractivity contribution in [2.75, 3.05) is 32.1 Å². The monoisotopic (exact) mass is 311 g/mol. The number of benzene rings is 1. The largest absolute Gasteiger partial charge is 0.372 e. The van der Waals surface area contributed by atoms with Crippen molar-refractivity contribution in [3.8, 4) is 0 Å². The zero-order valence-corrected chi connectivity index (χ0v) is 14.1. The van der Waals surface area contributed by atoms with E-state index < -0.39 is 0 Å². The Balaban J connectivity index is 2.86. The molecule has 4 nitrogen and oxygen atoms in total. The lowest BCUT2D eigenvalue weighted by molar-refractivity contribution is -0.123. The molecule has 0 aliphatic heterocycles. The number of nitrogens with one attached hydrogen (secondary N) is 2. The highest BCUT2D eigenvalue weighted by atomic mass is 35.5. The summed E-state index contributed by atoms with van der Waals surface area (Å²) in [7, 11) is 3.64. The van der Waals surface area contributed by atoms with E-state index >= 15 is 0 Å². The highest BCUT2D eigenvalue weighted by Gasteiger charge is 2.17. The number of halogens is 1. The first kappa shape index (κ1) is 17.8. The SMILES string of the molecule is CCCNCc1cccc(Cl)c1N(C)CC(C)C(=O)NC. The fourth-order valence-corrected chi connectivity index (χ4v) is 2.70. The first-order chi connectivity index (χ1) is 10.0. The summed E-state index contributed by atoms with van der Waals surface area (Å²) in [6.07, 6.45) is 1.10. The summed E-state index contributed by atoms with van der Waals surface area (Å²) in [6.45, 7) is 6.45. The van der Waals surface area contributed by atoms with Crippen LogP contribution in [0.15, 0.2) is 18.2 Å². The van der Waals surface area contributed by atoms with E-state index in [4.69, 9.17) is 11.6 Å². The van der Waals surface area contributed by atoms with Crippen molar-refractivity contribution in [2.45, 2.75) is 26.8 Å². The highest BCUT2D eigenvalue weighted by Crippen LogP contribution is 2.29. The second-order valence-corrected chi connectivity index (χ2v) is 5.73. The Kier molecular flexibility index (Phi) is 7.54. The lowest BCUT2D eigenvalue weighted by Gasteiger charge is -2.26. The van der Waals surface area contributed by atoms with E-state index in [9.17, 15) is 4.79 Å². The summed E-state index contributed by atoms with van der Waals surface area (Å²) in [5, 5.41) is 6.80. The molecule has 0 aliphatic carbocycles. The maximum Gasteiger partial charge on any atom is 0.224 e. The van der Waals surface area contributed by atoms with Crippen LogP contribution in [0.4, 0.5) is 5.69 Å². The standard InChI is InChI=1S/C16H26ClN3O/c1-5-9-19-10-13-7-6-8-14(17)15(13)20(4)11-12(2)16(21)18-3/h6-8,12,19H,5,9-11H2,1-4H3,(H,18,21). The van der Waals surface area contributed by atoms with Crippen molar-refractivity contribution in [3.63, 3.8) is 0 Å². The fraction of sp³-hybridized carbons (Fsp3) is 0.562. The zero-order chi connectivity index (χ0) is 15.8. The molecule has 2 N–H and O–H groups in total. The quantitative estimate of drug-likeness (QED) is 0.726. The first-order valence-electron chi connectivity index (χ1n) is 7.42. The lowest BCUT2D eigenvalue weighted by Crippen LogP contribution is -2.35. The smallest absolute Gasteiger partial charge is 0.224 e. The van der Waals surface area contributed by atoms with Gasteiger partial charge >= 0.3 is 0 Å². The molecule has 5 heteroatoms. The molecule has 1 aromatic rings. The van der Waals surface area contributed by atoms with Crippen LogP contribution in [0.5, 0.6) is 0 Å². The number of nitrogens with zero attached hydrogens (tertiary/aromatic N) is 1. The van der Waals surface area contributed by atoms with Crippen LogP contribution in [-0.4, -0.2) is 33.1 Å². The molecular weight excluding hydrogens is 286 g/mol. The van der Waals surface area contributed by atoms with Gasteiger partial charge in [-0.05, 0) is 24.6 Å². The molecule has 0 fully saturated rings. The van der Waals surface area contributed by atoms with Crippen molar-refractivity contribution >= 4 is 23.2 Å². The van der Waals surface area contributed by atoms with Crippen LogP contribution in [0, 0.1) is 5.92 Å². The molecule has 0 saturated heterocycles. The molecule has 0 saturated carbocycles. The number of amides is 1. The highest BCUT2D eigenvalue weighted by molar-refractivity contribution is 6.33. The molecule has 0 bridgehead atoms. The number of hydrogen-bond acceptors (Lipinski definition) is 3. The van der Waals surface area contributed by atoms with E-state index in [0.29, 0.717) is 6.54 Å². The summed E-state index contributed by atoms with van der Waals surface area (Å²) >= 11 is 6.36. The van der Waals surface area contributed by atoms with Crippen LogP contribution in [-0.2, 0) is 11.3 Å². The van der Waals surface area contributed by atoms with Gasteiger partial charge in [0.1, 0.15) is 0 Å². The number of carbonyl (C=O) groups is 1. The van der Waals surface area contributed by atoms with Crippen molar-refractivity contribution in [2.24, 2.45) is 5.92 Å². The van der Waals surface area contributed by atoms with Gasteiger partial charge in [0.25, 0.3) is 0 Å². The minimum Gasteiger partial charge on any atom is -0.372 e. The van der Waals surface area contributed by atoms with Gasteiger partial charge in [-0.15, -0.1) is 0 Å². The number of hydrogen-bond donors (Lipinski definition) is 2. The Morgan fingerprint density at radius 3 is 2.76 bits per heavy atom. The van der Waals surface area contributed by atoms with E-state index in [1.54, 1.807) is 7.05 Å². The predicted octanol–water partition coefficient (Wildman–Crippen LogP) is 2.66. The molecule has 0 aliphatic rings. The second-order valence-electron chi connectivity index (χ2n) is 5.32. The van der Waals surface area contributed by atoms with E-state index in [0.717, 1.165) is 35.8 Å². The Morgan fingerprint density at radius 1 is 1.43 bits per heavy atom. The average Bonchev–Trinajstić information content (AvgIpc) is 2.46. The third-order valence-corrected chi connectivity index (χ3v) is 3.74. The van der Waals surface area contributed by atoms with Gasteiger partial charge in [0.15, 0.2) is 0 Å². The molecule has 0 radical (unpaired) electrons. The Bertz CT molecular complexity index is 465. The summed E-state index contributed by atoms with van der Waals surface area (Å²) in [5.41, 5.74) is 2.15. The number of rotatable bonds is 8. The van der Waals surface area contributed by atoms with Crippen LogP contribution < -0.4 is 15.5 Å². The van der Waals surface area contributed by atoms with Crippen molar-refractivity contribution < 1.29 is 4.79 Å². The Hall–Kier alpha value is -1.26. The maximum atomic E-state index is 11.7. The van der Waals surface area contributed by atoms with Crippen LogP contribution in [0.3, 0.4) is 0 Å². The number of carbonyl (C=O) groups excluding carboxylic acids is 1. The number of anilines is 1. The van der Waals surface area contributed by atoms with Gasteiger partial charge in [0.2, 0.25) is 5.91 Å². The molecule has 1 rings (SSSR count). The zero-order valence-electron chi connectivity index (χ0n) is 13.4. The van der Waals surface area contributed by atoms with E-state index in [2.05, 4.69) is 28.5 Å². The van der Waals surface area contributed by atoms with Crippen molar-refractivity contribution in [1.82, 2.24) is 10.6 Å². The third-order valence-electron chi connectivity index (χ3n) is 3.44. The average molecular weight is 312 g/mol. The van der Waals surface area contributed by atoms with Crippen LogP contribution in [0.1, 0.15) is 25.8 Å².